The van der Waals surface area contributed by atoms with Crippen molar-refractivity contribution in [1.29, 1.82) is 0 Å². The van der Waals surface area contributed by atoms with Crippen LogP contribution < -0.4 is 10.6 Å². The maximum absolute atomic E-state index is 4.62. The van der Waals surface area contributed by atoms with E-state index in [1.165, 1.54) is 0 Å². The van der Waals surface area contributed by atoms with Crippen LogP contribution in [0.15, 0.2) is 80.3 Å². The summed E-state index contributed by atoms with van der Waals surface area (Å²) in [7, 11) is 0. The van der Waals surface area contributed by atoms with Crippen LogP contribution in [-0.2, 0) is 13.1 Å². The maximum Gasteiger partial charge on any atom is 0.224 e. The van der Waals surface area contributed by atoms with Crippen LogP contribution in [0.1, 0.15) is 16.7 Å². The van der Waals surface area contributed by atoms with Gasteiger partial charge in [-0.05, 0) is 30.2 Å². The van der Waals surface area contributed by atoms with Crippen molar-refractivity contribution in [2.45, 2.75) is 20.0 Å². The van der Waals surface area contributed by atoms with Gasteiger partial charge in [0.05, 0.1) is 0 Å². The number of aromatic nitrogens is 8. The predicted molar refractivity (Wildman–Crippen MR) is 124 cm³/mol. The van der Waals surface area contributed by atoms with E-state index in [1.807, 2.05) is 65.1 Å². The SMILES string of the molecule is Cc1cnc(NCc2ccc(-n3ccnc3)nc2)nc1NCc1ccc(-n2ccnc2)nc1. The van der Waals surface area contributed by atoms with E-state index < -0.39 is 0 Å². The molecule has 164 valence electrons. The third kappa shape index (κ3) is 4.85. The lowest BCUT2D eigenvalue weighted by Gasteiger charge is -2.11. The van der Waals surface area contributed by atoms with E-state index in [1.54, 1.807) is 31.2 Å². The lowest BCUT2D eigenvalue weighted by atomic mass is 10.2. The van der Waals surface area contributed by atoms with E-state index >= 15 is 0 Å². The second-order valence-electron chi connectivity index (χ2n) is 7.42. The highest BCUT2D eigenvalue weighted by Gasteiger charge is 2.06. The van der Waals surface area contributed by atoms with Gasteiger partial charge in [0.1, 0.15) is 30.1 Å². The Morgan fingerprint density at radius 3 is 1.85 bits per heavy atom. The summed E-state index contributed by atoms with van der Waals surface area (Å²) >= 11 is 0. The molecular weight excluding hydrogens is 416 g/mol. The van der Waals surface area contributed by atoms with Crippen LogP contribution in [0.2, 0.25) is 0 Å². The summed E-state index contributed by atoms with van der Waals surface area (Å²) in [6, 6.07) is 7.97. The van der Waals surface area contributed by atoms with Crippen LogP contribution in [-0.4, -0.2) is 39.0 Å². The third-order valence-electron chi connectivity index (χ3n) is 5.04. The molecule has 10 heteroatoms. The van der Waals surface area contributed by atoms with E-state index in [4.69, 9.17) is 0 Å². The quantitative estimate of drug-likeness (QED) is 0.380. The highest BCUT2D eigenvalue weighted by atomic mass is 15.1. The Bertz CT molecular complexity index is 1290. The van der Waals surface area contributed by atoms with Crippen molar-refractivity contribution in [3.63, 3.8) is 0 Å². The molecule has 0 amide bonds. The molecule has 0 spiro atoms. The summed E-state index contributed by atoms with van der Waals surface area (Å²) in [5.74, 6) is 2.98. The molecule has 5 heterocycles. The first-order valence-corrected chi connectivity index (χ1v) is 10.4. The van der Waals surface area contributed by atoms with Gasteiger partial charge in [0.25, 0.3) is 0 Å². The lowest BCUT2D eigenvalue weighted by molar-refractivity contribution is 0.967. The molecule has 0 radical (unpaired) electrons. The first kappa shape index (κ1) is 20.3. The zero-order chi connectivity index (χ0) is 22.5. The average Bonchev–Trinajstić information content (AvgIpc) is 3.58. The number of hydrogen-bond donors (Lipinski definition) is 2. The molecule has 0 aliphatic carbocycles. The van der Waals surface area contributed by atoms with E-state index in [0.717, 1.165) is 34.1 Å². The maximum atomic E-state index is 4.62. The molecule has 0 aliphatic heterocycles. The number of anilines is 2. The topological polar surface area (TPSA) is 111 Å². The summed E-state index contributed by atoms with van der Waals surface area (Å²) in [5, 5.41) is 6.64. The van der Waals surface area contributed by atoms with Gasteiger partial charge in [0.2, 0.25) is 5.95 Å². The number of nitrogens with zero attached hydrogens (tertiary/aromatic N) is 8. The molecule has 5 rings (SSSR count). The molecule has 10 nitrogen and oxygen atoms in total. The molecule has 0 saturated heterocycles. The van der Waals surface area contributed by atoms with Crippen molar-refractivity contribution in [3.05, 3.63) is 97.0 Å². The van der Waals surface area contributed by atoms with E-state index in [9.17, 15) is 0 Å². The van der Waals surface area contributed by atoms with Crippen LogP contribution in [0.25, 0.3) is 11.6 Å². The number of aryl methyl sites for hydroxylation is 1. The molecule has 2 N–H and O–H groups in total. The number of imidazole rings is 2. The lowest BCUT2D eigenvalue weighted by Crippen LogP contribution is -2.09. The second-order valence-corrected chi connectivity index (χ2v) is 7.42. The number of rotatable bonds is 8. The van der Waals surface area contributed by atoms with E-state index in [0.29, 0.717) is 19.0 Å². The van der Waals surface area contributed by atoms with Gasteiger partial charge < -0.3 is 10.6 Å². The molecule has 0 atom stereocenters. The molecule has 0 aromatic carbocycles. The molecule has 0 aliphatic rings. The number of pyridine rings is 2. The van der Waals surface area contributed by atoms with Crippen molar-refractivity contribution in [2.75, 3.05) is 10.6 Å². The second kappa shape index (κ2) is 9.27. The average molecular weight is 438 g/mol. The van der Waals surface area contributed by atoms with Crippen LogP contribution in [0.5, 0.6) is 0 Å². The number of nitrogens with one attached hydrogen (secondary N) is 2. The molecule has 5 aromatic heterocycles. The molecule has 0 unspecified atom stereocenters. The third-order valence-corrected chi connectivity index (χ3v) is 5.04. The van der Waals surface area contributed by atoms with Gasteiger partial charge in [-0.25, -0.2) is 24.9 Å². The fourth-order valence-electron chi connectivity index (χ4n) is 3.21. The summed E-state index contributed by atoms with van der Waals surface area (Å²) in [4.78, 5) is 26.1. The summed E-state index contributed by atoms with van der Waals surface area (Å²) in [6.07, 6.45) is 16.1. The molecule has 0 fully saturated rings. The van der Waals surface area contributed by atoms with E-state index in [2.05, 4.69) is 40.5 Å². The Morgan fingerprint density at radius 2 is 1.33 bits per heavy atom. The number of hydrogen-bond acceptors (Lipinski definition) is 8. The standard InChI is InChI=1S/C23H22N10/c1-17-10-29-23(30-14-19-3-5-21(27-12-19)33-9-7-25-16-33)31-22(17)28-13-18-2-4-20(26-11-18)32-8-6-24-15-32/h2-12,15-16H,13-14H2,1H3,(H2,28,29,30,31). The minimum Gasteiger partial charge on any atom is -0.366 e. The molecule has 0 bridgehead atoms. The van der Waals surface area contributed by atoms with Crippen molar-refractivity contribution in [3.8, 4) is 11.6 Å². The Morgan fingerprint density at radius 1 is 0.727 bits per heavy atom. The van der Waals surface area contributed by atoms with Gasteiger partial charge in [-0.1, -0.05) is 12.1 Å². The minimum absolute atomic E-state index is 0.551. The van der Waals surface area contributed by atoms with Crippen LogP contribution in [0.3, 0.4) is 0 Å². The fraction of sp³-hybridized carbons (Fsp3) is 0.130. The molecular formula is C23H22N10. The Balaban J connectivity index is 1.19. The van der Waals surface area contributed by atoms with E-state index in [-0.39, 0.29) is 0 Å². The zero-order valence-electron chi connectivity index (χ0n) is 18.0. The van der Waals surface area contributed by atoms with Gasteiger partial charge in [-0.15, -0.1) is 0 Å². The normalized spacial score (nSPS) is 10.8. The summed E-state index contributed by atoms with van der Waals surface area (Å²) in [5.41, 5.74) is 3.05. The Hall–Kier alpha value is -4.60. The highest BCUT2D eigenvalue weighted by molar-refractivity contribution is 5.47. The summed E-state index contributed by atoms with van der Waals surface area (Å²) < 4.78 is 3.73. The molecule has 5 aromatic rings. The van der Waals surface area contributed by atoms with Gasteiger partial charge in [0, 0.05) is 62.0 Å². The van der Waals surface area contributed by atoms with Crippen molar-refractivity contribution < 1.29 is 0 Å². The molecule has 33 heavy (non-hydrogen) atoms. The highest BCUT2D eigenvalue weighted by Crippen LogP contribution is 2.15. The minimum atomic E-state index is 0.551. The van der Waals surface area contributed by atoms with Crippen LogP contribution in [0, 0.1) is 6.92 Å². The van der Waals surface area contributed by atoms with Crippen LogP contribution in [0.4, 0.5) is 11.8 Å². The Labute approximate surface area is 190 Å². The first-order chi connectivity index (χ1) is 16.2. The monoisotopic (exact) mass is 438 g/mol. The fourth-order valence-corrected chi connectivity index (χ4v) is 3.21. The molecule has 0 saturated carbocycles. The first-order valence-electron chi connectivity index (χ1n) is 10.4. The van der Waals surface area contributed by atoms with Gasteiger partial charge in [0.15, 0.2) is 0 Å². The van der Waals surface area contributed by atoms with Crippen molar-refractivity contribution in [1.82, 2.24) is 39.0 Å². The predicted octanol–water partition coefficient (Wildman–Crippen LogP) is 3.17. The van der Waals surface area contributed by atoms with Gasteiger partial charge in [-0.3, -0.25) is 9.13 Å². The zero-order valence-corrected chi connectivity index (χ0v) is 18.0. The van der Waals surface area contributed by atoms with Crippen LogP contribution >= 0.6 is 0 Å². The summed E-state index contributed by atoms with van der Waals surface area (Å²) in [6.45, 7) is 3.15. The van der Waals surface area contributed by atoms with Gasteiger partial charge >= 0.3 is 0 Å². The van der Waals surface area contributed by atoms with Crippen molar-refractivity contribution in [2.24, 2.45) is 0 Å². The largest absolute Gasteiger partial charge is 0.366 e. The van der Waals surface area contributed by atoms with Gasteiger partial charge in [-0.2, -0.15) is 4.98 Å². The Kier molecular flexibility index (Phi) is 5.70. The van der Waals surface area contributed by atoms with Crippen molar-refractivity contribution >= 4 is 11.8 Å². The smallest absolute Gasteiger partial charge is 0.224 e.